The quantitative estimate of drug-likeness (QED) is 0.657. The SMILES string of the molecule is O=C(Nc1ccc(Cl)cc1)c1ccc(NCCc2ccccc2F)nc1. The highest BCUT2D eigenvalue weighted by Gasteiger charge is 2.07. The molecule has 1 aromatic heterocycles. The molecule has 26 heavy (non-hydrogen) atoms. The summed E-state index contributed by atoms with van der Waals surface area (Å²) in [6, 6.07) is 17.0. The minimum absolute atomic E-state index is 0.212. The van der Waals surface area contributed by atoms with E-state index in [-0.39, 0.29) is 11.7 Å². The van der Waals surface area contributed by atoms with E-state index in [0.717, 1.165) is 0 Å². The van der Waals surface area contributed by atoms with Gasteiger partial charge in [-0.3, -0.25) is 4.79 Å². The Labute approximate surface area is 156 Å². The second-order valence-electron chi connectivity index (χ2n) is 5.66. The summed E-state index contributed by atoms with van der Waals surface area (Å²) in [4.78, 5) is 16.4. The Morgan fingerprint density at radius 2 is 1.81 bits per heavy atom. The largest absolute Gasteiger partial charge is 0.370 e. The Balaban J connectivity index is 1.53. The van der Waals surface area contributed by atoms with Crippen molar-refractivity contribution >= 4 is 29.0 Å². The van der Waals surface area contributed by atoms with E-state index in [1.54, 1.807) is 48.5 Å². The molecule has 1 amide bonds. The molecule has 0 radical (unpaired) electrons. The number of anilines is 2. The molecule has 0 atom stereocenters. The fourth-order valence-corrected chi connectivity index (χ4v) is 2.52. The van der Waals surface area contributed by atoms with Gasteiger partial charge in [0.15, 0.2) is 0 Å². The maximum absolute atomic E-state index is 13.6. The second-order valence-corrected chi connectivity index (χ2v) is 6.10. The molecule has 0 aliphatic heterocycles. The number of aromatic nitrogens is 1. The van der Waals surface area contributed by atoms with Crippen molar-refractivity contribution in [2.45, 2.75) is 6.42 Å². The first-order chi connectivity index (χ1) is 12.6. The van der Waals surface area contributed by atoms with Gasteiger partial charge < -0.3 is 10.6 Å². The predicted molar refractivity (Wildman–Crippen MR) is 102 cm³/mol. The molecule has 0 saturated carbocycles. The first kappa shape index (κ1) is 17.9. The molecule has 2 N–H and O–H groups in total. The molecule has 3 aromatic rings. The van der Waals surface area contributed by atoms with E-state index in [2.05, 4.69) is 15.6 Å². The zero-order valence-corrected chi connectivity index (χ0v) is 14.6. The first-order valence-electron chi connectivity index (χ1n) is 8.12. The van der Waals surface area contributed by atoms with Crippen LogP contribution in [0.5, 0.6) is 0 Å². The number of halogens is 2. The molecule has 2 aromatic carbocycles. The molecular weight excluding hydrogens is 353 g/mol. The smallest absolute Gasteiger partial charge is 0.257 e. The first-order valence-corrected chi connectivity index (χ1v) is 8.50. The summed E-state index contributed by atoms with van der Waals surface area (Å²) in [5.74, 6) is 0.165. The van der Waals surface area contributed by atoms with Crippen LogP contribution in [0.4, 0.5) is 15.9 Å². The number of nitrogens with zero attached hydrogens (tertiary/aromatic N) is 1. The van der Waals surface area contributed by atoms with Crippen molar-refractivity contribution in [3.8, 4) is 0 Å². The number of carbonyl (C=O) groups excluding carboxylic acids is 1. The number of nitrogens with one attached hydrogen (secondary N) is 2. The molecule has 0 aliphatic carbocycles. The Kier molecular flexibility index (Phi) is 5.81. The van der Waals surface area contributed by atoms with Crippen LogP contribution >= 0.6 is 11.6 Å². The zero-order chi connectivity index (χ0) is 18.4. The zero-order valence-electron chi connectivity index (χ0n) is 13.9. The van der Waals surface area contributed by atoms with E-state index in [0.29, 0.717) is 40.6 Å². The van der Waals surface area contributed by atoms with Crippen LogP contribution in [0.2, 0.25) is 5.02 Å². The standard InChI is InChI=1S/C20H17ClFN3O/c21-16-6-8-17(9-7-16)25-20(26)15-5-10-19(24-13-15)23-12-11-14-3-1-2-4-18(14)22/h1-10,13H,11-12H2,(H,23,24)(H,25,26). The maximum atomic E-state index is 13.6. The van der Waals surface area contributed by atoms with Crippen molar-refractivity contribution in [1.29, 1.82) is 0 Å². The summed E-state index contributed by atoms with van der Waals surface area (Å²) in [5.41, 5.74) is 1.75. The van der Waals surface area contributed by atoms with Crippen molar-refractivity contribution in [3.63, 3.8) is 0 Å². The minimum Gasteiger partial charge on any atom is -0.370 e. The molecule has 0 unspecified atom stereocenters. The Morgan fingerprint density at radius 1 is 1.04 bits per heavy atom. The molecule has 4 nitrogen and oxygen atoms in total. The van der Waals surface area contributed by atoms with Crippen molar-refractivity contribution < 1.29 is 9.18 Å². The van der Waals surface area contributed by atoms with Gasteiger partial charge in [0, 0.05) is 23.5 Å². The van der Waals surface area contributed by atoms with Crippen LogP contribution in [0.25, 0.3) is 0 Å². The van der Waals surface area contributed by atoms with Crippen LogP contribution in [-0.4, -0.2) is 17.4 Å². The highest BCUT2D eigenvalue weighted by atomic mass is 35.5. The lowest BCUT2D eigenvalue weighted by Crippen LogP contribution is -2.13. The Bertz CT molecular complexity index is 882. The third kappa shape index (κ3) is 4.80. The van der Waals surface area contributed by atoms with E-state index in [1.807, 2.05) is 6.07 Å². The number of pyridine rings is 1. The molecular formula is C20H17ClFN3O. The van der Waals surface area contributed by atoms with Crippen molar-refractivity contribution in [2.24, 2.45) is 0 Å². The number of amides is 1. The summed E-state index contributed by atoms with van der Waals surface area (Å²) in [5, 5.41) is 6.50. The van der Waals surface area contributed by atoms with Crippen LogP contribution in [0.1, 0.15) is 15.9 Å². The van der Waals surface area contributed by atoms with Gasteiger partial charge in [-0.1, -0.05) is 29.8 Å². The van der Waals surface area contributed by atoms with Crippen LogP contribution in [0.3, 0.4) is 0 Å². The second kappa shape index (κ2) is 8.45. The number of carbonyl (C=O) groups is 1. The number of benzene rings is 2. The monoisotopic (exact) mass is 369 g/mol. The topological polar surface area (TPSA) is 54.0 Å². The van der Waals surface area contributed by atoms with Crippen molar-refractivity contribution in [2.75, 3.05) is 17.2 Å². The Morgan fingerprint density at radius 3 is 2.50 bits per heavy atom. The van der Waals surface area contributed by atoms with Gasteiger partial charge in [-0.2, -0.15) is 0 Å². The fourth-order valence-electron chi connectivity index (χ4n) is 2.40. The highest BCUT2D eigenvalue weighted by molar-refractivity contribution is 6.30. The number of hydrogen-bond donors (Lipinski definition) is 2. The lowest BCUT2D eigenvalue weighted by atomic mass is 10.1. The third-order valence-electron chi connectivity index (χ3n) is 3.79. The maximum Gasteiger partial charge on any atom is 0.257 e. The summed E-state index contributed by atoms with van der Waals surface area (Å²) in [6.45, 7) is 0.546. The fraction of sp³-hybridized carbons (Fsp3) is 0.100. The van der Waals surface area contributed by atoms with Gasteiger partial charge >= 0.3 is 0 Å². The molecule has 0 bridgehead atoms. The average molecular weight is 370 g/mol. The normalized spacial score (nSPS) is 10.4. The van der Waals surface area contributed by atoms with Crippen LogP contribution in [0.15, 0.2) is 66.9 Å². The highest BCUT2D eigenvalue weighted by Crippen LogP contribution is 2.15. The van der Waals surface area contributed by atoms with E-state index >= 15 is 0 Å². The molecule has 0 fully saturated rings. The van der Waals surface area contributed by atoms with Crippen LogP contribution < -0.4 is 10.6 Å². The lowest BCUT2D eigenvalue weighted by molar-refractivity contribution is 0.102. The molecule has 6 heteroatoms. The number of hydrogen-bond acceptors (Lipinski definition) is 3. The molecule has 1 heterocycles. The van der Waals surface area contributed by atoms with Gasteiger partial charge in [-0.25, -0.2) is 9.37 Å². The van der Waals surface area contributed by atoms with Crippen LogP contribution in [0, 0.1) is 5.82 Å². The van der Waals surface area contributed by atoms with Gasteiger partial charge in [-0.15, -0.1) is 0 Å². The minimum atomic E-state index is -0.252. The lowest BCUT2D eigenvalue weighted by Gasteiger charge is -2.08. The summed E-state index contributed by atoms with van der Waals surface area (Å²) >= 11 is 5.82. The molecule has 132 valence electrons. The van der Waals surface area contributed by atoms with Crippen molar-refractivity contribution in [1.82, 2.24) is 4.98 Å². The van der Waals surface area contributed by atoms with Gasteiger partial charge in [-0.05, 0) is 54.4 Å². The molecule has 0 aliphatic rings. The van der Waals surface area contributed by atoms with Crippen LogP contribution in [-0.2, 0) is 6.42 Å². The van der Waals surface area contributed by atoms with E-state index < -0.39 is 0 Å². The van der Waals surface area contributed by atoms with E-state index in [1.165, 1.54) is 12.3 Å². The summed E-state index contributed by atoms with van der Waals surface area (Å²) in [7, 11) is 0. The predicted octanol–water partition coefficient (Wildman–Crippen LogP) is 4.78. The van der Waals surface area contributed by atoms with Gasteiger partial charge in [0.05, 0.1) is 5.56 Å². The summed E-state index contributed by atoms with van der Waals surface area (Å²) in [6.07, 6.45) is 2.05. The number of rotatable bonds is 6. The van der Waals surface area contributed by atoms with Crippen molar-refractivity contribution in [3.05, 3.63) is 88.8 Å². The van der Waals surface area contributed by atoms with Gasteiger partial charge in [0.25, 0.3) is 5.91 Å². The molecule has 3 rings (SSSR count). The third-order valence-corrected chi connectivity index (χ3v) is 4.04. The summed E-state index contributed by atoms with van der Waals surface area (Å²) < 4.78 is 13.6. The van der Waals surface area contributed by atoms with E-state index in [4.69, 9.17) is 11.6 Å². The molecule has 0 saturated heterocycles. The van der Waals surface area contributed by atoms with Gasteiger partial charge in [0.2, 0.25) is 0 Å². The molecule has 0 spiro atoms. The average Bonchev–Trinajstić information content (AvgIpc) is 2.66. The van der Waals surface area contributed by atoms with Gasteiger partial charge in [0.1, 0.15) is 11.6 Å². The van der Waals surface area contributed by atoms with E-state index in [9.17, 15) is 9.18 Å². The Hall–Kier alpha value is -2.92.